The fourth-order valence-corrected chi connectivity index (χ4v) is 2.71. The maximum absolute atomic E-state index is 12.5. The van der Waals surface area contributed by atoms with E-state index in [9.17, 15) is 4.79 Å². The number of carbonyl (C=O) groups is 1. The highest BCUT2D eigenvalue weighted by Crippen LogP contribution is 2.14. The minimum absolute atomic E-state index is 0.124. The number of amides is 1. The van der Waals surface area contributed by atoms with Crippen LogP contribution in [0.3, 0.4) is 0 Å². The zero-order valence-electron chi connectivity index (χ0n) is 13.9. The Bertz CT molecular complexity index is 991. The molecule has 1 N–H and O–H groups in total. The molecule has 0 saturated carbocycles. The second-order valence-electron chi connectivity index (χ2n) is 5.70. The lowest BCUT2D eigenvalue weighted by atomic mass is 10.1. The number of para-hydroxylation sites is 1. The first-order valence-electron chi connectivity index (χ1n) is 8.11. The molecule has 0 saturated heterocycles. The summed E-state index contributed by atoms with van der Waals surface area (Å²) in [5, 5.41) is 10.5. The summed E-state index contributed by atoms with van der Waals surface area (Å²) in [6, 6.07) is 15.2. The number of carbonyl (C=O) groups excluding carboxylic acids is 1. The van der Waals surface area contributed by atoms with Crippen LogP contribution in [0.5, 0.6) is 0 Å². The Morgan fingerprint density at radius 3 is 2.42 bits per heavy atom. The summed E-state index contributed by atoms with van der Waals surface area (Å²) in [6.45, 7) is 0.431. The van der Waals surface area contributed by atoms with Crippen molar-refractivity contribution in [3.8, 4) is 11.4 Å². The summed E-state index contributed by atoms with van der Waals surface area (Å²) in [6.07, 6.45) is 8.58. The van der Waals surface area contributed by atoms with Crippen LogP contribution in [0.4, 0.5) is 0 Å². The molecule has 128 valence electrons. The van der Waals surface area contributed by atoms with Crippen molar-refractivity contribution in [3.63, 3.8) is 0 Å². The van der Waals surface area contributed by atoms with E-state index in [1.807, 2.05) is 47.2 Å². The predicted octanol–water partition coefficient (Wildman–Crippen LogP) is 2.38. The van der Waals surface area contributed by atoms with Gasteiger partial charge in [0.1, 0.15) is 12.7 Å². The van der Waals surface area contributed by atoms with Crippen molar-refractivity contribution in [2.45, 2.75) is 6.54 Å². The molecule has 26 heavy (non-hydrogen) atoms. The lowest BCUT2D eigenvalue weighted by Crippen LogP contribution is -2.23. The van der Waals surface area contributed by atoms with Gasteiger partial charge in [-0.25, -0.2) is 4.98 Å². The first kappa shape index (κ1) is 15.8. The van der Waals surface area contributed by atoms with Crippen molar-refractivity contribution in [3.05, 3.63) is 91.0 Å². The summed E-state index contributed by atoms with van der Waals surface area (Å²) < 4.78 is 3.71. The third-order valence-corrected chi connectivity index (χ3v) is 4.06. The molecule has 1 amide bonds. The molecular weight excluding hydrogens is 328 g/mol. The Morgan fingerprint density at radius 2 is 1.69 bits per heavy atom. The maximum Gasteiger partial charge on any atom is 0.251 e. The topological polar surface area (TPSA) is 77.6 Å². The van der Waals surface area contributed by atoms with Gasteiger partial charge in [-0.2, -0.15) is 0 Å². The molecule has 0 spiro atoms. The monoisotopic (exact) mass is 344 g/mol. The van der Waals surface area contributed by atoms with Gasteiger partial charge in [0.05, 0.1) is 12.0 Å². The fraction of sp³-hybridized carbons (Fsp3) is 0.0526. The van der Waals surface area contributed by atoms with Crippen molar-refractivity contribution in [2.75, 3.05) is 0 Å². The van der Waals surface area contributed by atoms with E-state index >= 15 is 0 Å². The van der Waals surface area contributed by atoms with Crippen LogP contribution in [-0.4, -0.2) is 30.2 Å². The molecule has 2 aromatic heterocycles. The third-order valence-electron chi connectivity index (χ3n) is 4.06. The van der Waals surface area contributed by atoms with Crippen molar-refractivity contribution >= 4 is 5.91 Å². The average molecular weight is 344 g/mol. The molecule has 4 aromatic rings. The number of benzene rings is 2. The Morgan fingerprint density at radius 1 is 0.923 bits per heavy atom. The first-order valence-corrected chi connectivity index (χ1v) is 8.11. The van der Waals surface area contributed by atoms with E-state index < -0.39 is 0 Å². The van der Waals surface area contributed by atoms with Crippen molar-refractivity contribution < 1.29 is 4.79 Å². The molecule has 0 aliphatic heterocycles. The van der Waals surface area contributed by atoms with Gasteiger partial charge in [-0.3, -0.25) is 9.36 Å². The largest absolute Gasteiger partial charge is 0.348 e. The van der Waals surface area contributed by atoms with E-state index in [4.69, 9.17) is 0 Å². The predicted molar refractivity (Wildman–Crippen MR) is 96.1 cm³/mol. The zero-order valence-corrected chi connectivity index (χ0v) is 13.9. The molecule has 2 aromatic carbocycles. The maximum atomic E-state index is 12.5. The van der Waals surface area contributed by atoms with Crippen LogP contribution in [0, 0.1) is 0 Å². The number of aromatic nitrogens is 5. The molecule has 0 aliphatic rings. The molecule has 0 radical (unpaired) electrons. The summed E-state index contributed by atoms with van der Waals surface area (Å²) in [4.78, 5) is 16.5. The van der Waals surface area contributed by atoms with Gasteiger partial charge in [0.2, 0.25) is 0 Å². The Balaban J connectivity index is 1.46. The minimum Gasteiger partial charge on any atom is -0.348 e. The summed E-state index contributed by atoms with van der Waals surface area (Å²) in [5.74, 6) is -0.124. The Labute approximate surface area is 150 Å². The van der Waals surface area contributed by atoms with Gasteiger partial charge in [0, 0.05) is 30.2 Å². The summed E-state index contributed by atoms with van der Waals surface area (Å²) >= 11 is 0. The van der Waals surface area contributed by atoms with Crippen LogP contribution in [0.15, 0.2) is 79.9 Å². The molecule has 2 heterocycles. The van der Waals surface area contributed by atoms with Gasteiger partial charge in [0.15, 0.2) is 0 Å². The number of hydrogen-bond acceptors (Lipinski definition) is 4. The van der Waals surface area contributed by atoms with E-state index in [2.05, 4.69) is 20.5 Å². The number of nitrogens with zero attached hydrogens (tertiary/aromatic N) is 5. The van der Waals surface area contributed by atoms with Crippen molar-refractivity contribution in [1.82, 2.24) is 29.6 Å². The Kier molecular flexibility index (Phi) is 4.26. The quantitative estimate of drug-likeness (QED) is 0.603. The molecule has 0 atom stereocenters. The number of hydrogen-bond donors (Lipinski definition) is 1. The smallest absolute Gasteiger partial charge is 0.251 e. The lowest BCUT2D eigenvalue weighted by Gasteiger charge is -2.11. The highest BCUT2D eigenvalue weighted by atomic mass is 16.1. The van der Waals surface area contributed by atoms with Crippen LogP contribution < -0.4 is 5.32 Å². The second-order valence-corrected chi connectivity index (χ2v) is 5.70. The van der Waals surface area contributed by atoms with Crippen LogP contribution in [0.25, 0.3) is 11.4 Å². The van der Waals surface area contributed by atoms with Crippen LogP contribution in [-0.2, 0) is 6.54 Å². The number of nitrogens with one attached hydrogen (secondary N) is 1. The number of imidazole rings is 1. The molecule has 0 unspecified atom stereocenters. The van der Waals surface area contributed by atoms with Gasteiger partial charge in [-0.1, -0.05) is 18.2 Å². The molecule has 0 bridgehead atoms. The minimum atomic E-state index is -0.124. The summed E-state index contributed by atoms with van der Waals surface area (Å²) in [7, 11) is 0. The van der Waals surface area contributed by atoms with Gasteiger partial charge in [-0.15, -0.1) is 10.2 Å². The highest BCUT2D eigenvalue weighted by molar-refractivity contribution is 5.94. The van der Waals surface area contributed by atoms with E-state index in [1.165, 1.54) is 0 Å². The van der Waals surface area contributed by atoms with E-state index in [1.54, 1.807) is 41.9 Å². The SMILES string of the molecule is O=C(NCc1ccccc1-n1ccnc1)c1ccc(-n2cnnc2)cc1. The van der Waals surface area contributed by atoms with Gasteiger partial charge in [0.25, 0.3) is 5.91 Å². The highest BCUT2D eigenvalue weighted by Gasteiger charge is 2.08. The molecular formula is C19H16N6O. The average Bonchev–Trinajstić information content (AvgIpc) is 3.40. The van der Waals surface area contributed by atoms with E-state index in [0.29, 0.717) is 12.1 Å². The lowest BCUT2D eigenvalue weighted by molar-refractivity contribution is 0.0951. The Hall–Kier alpha value is -3.74. The fourth-order valence-electron chi connectivity index (χ4n) is 2.71. The van der Waals surface area contributed by atoms with Gasteiger partial charge >= 0.3 is 0 Å². The molecule has 0 aliphatic carbocycles. The van der Waals surface area contributed by atoms with Crippen LogP contribution in [0.2, 0.25) is 0 Å². The third kappa shape index (κ3) is 3.23. The normalized spacial score (nSPS) is 10.6. The standard InChI is InChI=1S/C19H16N6O/c26-19(15-5-7-17(8-6-15)25-13-22-23-14-25)21-11-16-3-1-2-4-18(16)24-10-9-20-12-24/h1-10,12-14H,11H2,(H,21,26). The zero-order chi connectivity index (χ0) is 17.8. The van der Waals surface area contributed by atoms with Gasteiger partial charge < -0.3 is 9.88 Å². The van der Waals surface area contributed by atoms with Gasteiger partial charge in [-0.05, 0) is 35.9 Å². The summed E-state index contributed by atoms with van der Waals surface area (Å²) in [5.41, 5.74) is 3.51. The molecule has 7 heteroatoms. The molecule has 0 fully saturated rings. The van der Waals surface area contributed by atoms with E-state index in [-0.39, 0.29) is 5.91 Å². The first-order chi connectivity index (χ1) is 12.8. The second kappa shape index (κ2) is 7.02. The van der Waals surface area contributed by atoms with Crippen molar-refractivity contribution in [2.24, 2.45) is 0 Å². The van der Waals surface area contributed by atoms with Crippen LogP contribution in [0.1, 0.15) is 15.9 Å². The molecule has 7 nitrogen and oxygen atoms in total. The van der Waals surface area contributed by atoms with E-state index in [0.717, 1.165) is 16.9 Å². The van der Waals surface area contributed by atoms with Crippen molar-refractivity contribution in [1.29, 1.82) is 0 Å². The van der Waals surface area contributed by atoms with Crippen LogP contribution >= 0.6 is 0 Å². The molecule has 4 rings (SSSR count). The number of rotatable bonds is 5.